The molecular weight excluding hydrogens is 250 g/mol. The maximum atomic E-state index is 6.06. The minimum absolute atomic E-state index is 0.426. The molecular formula is C14H14ClNS. The third-order valence-corrected chi connectivity index (χ3v) is 4.55. The van der Waals surface area contributed by atoms with Crippen LogP contribution >= 0.6 is 22.9 Å². The van der Waals surface area contributed by atoms with Crippen molar-refractivity contribution >= 4 is 28.6 Å². The molecule has 1 unspecified atom stereocenters. The number of hydrogen-bond acceptors (Lipinski definition) is 2. The van der Waals surface area contributed by atoms with E-state index in [1.54, 1.807) is 11.3 Å². The molecule has 1 N–H and O–H groups in total. The zero-order chi connectivity index (χ0) is 11.8. The Morgan fingerprint density at radius 2 is 2.24 bits per heavy atom. The zero-order valence-corrected chi connectivity index (χ0v) is 11.2. The SMILES string of the molecule is Cc1cccc(NC2CCc3sc(Cl)cc32)c1. The number of fused-ring (bicyclic) bond motifs is 1. The van der Waals surface area contributed by atoms with Crippen molar-refractivity contribution in [3.63, 3.8) is 0 Å². The van der Waals surface area contributed by atoms with Crippen LogP contribution in [0.5, 0.6) is 0 Å². The summed E-state index contributed by atoms with van der Waals surface area (Å²) < 4.78 is 0.908. The number of thiophene rings is 1. The van der Waals surface area contributed by atoms with Gasteiger partial charge in [-0.1, -0.05) is 23.7 Å². The number of benzene rings is 1. The molecule has 1 aliphatic rings. The van der Waals surface area contributed by atoms with Crippen molar-refractivity contribution in [1.82, 2.24) is 0 Å². The van der Waals surface area contributed by atoms with Crippen LogP contribution in [0.25, 0.3) is 0 Å². The van der Waals surface area contributed by atoms with Crippen LogP contribution in [0.2, 0.25) is 4.34 Å². The number of nitrogens with one attached hydrogen (secondary N) is 1. The van der Waals surface area contributed by atoms with Crippen LogP contribution < -0.4 is 5.32 Å². The Balaban J connectivity index is 1.83. The van der Waals surface area contributed by atoms with Gasteiger partial charge in [0.1, 0.15) is 0 Å². The number of halogens is 1. The first-order valence-corrected chi connectivity index (χ1v) is 7.03. The van der Waals surface area contributed by atoms with E-state index in [0.29, 0.717) is 6.04 Å². The Morgan fingerprint density at radius 3 is 3.06 bits per heavy atom. The molecule has 0 radical (unpaired) electrons. The average Bonchev–Trinajstić information content (AvgIpc) is 2.80. The highest BCUT2D eigenvalue weighted by atomic mass is 35.5. The van der Waals surface area contributed by atoms with Gasteiger partial charge in [0, 0.05) is 10.6 Å². The van der Waals surface area contributed by atoms with Crippen molar-refractivity contribution in [3.8, 4) is 0 Å². The summed E-state index contributed by atoms with van der Waals surface area (Å²) in [5.41, 5.74) is 3.88. The van der Waals surface area contributed by atoms with Crippen molar-refractivity contribution in [2.45, 2.75) is 25.8 Å². The van der Waals surface area contributed by atoms with Crippen LogP contribution in [0.3, 0.4) is 0 Å². The van der Waals surface area contributed by atoms with E-state index in [9.17, 15) is 0 Å². The Morgan fingerprint density at radius 1 is 1.35 bits per heavy atom. The minimum atomic E-state index is 0.426. The first-order valence-electron chi connectivity index (χ1n) is 5.84. The number of hydrogen-bond donors (Lipinski definition) is 1. The van der Waals surface area contributed by atoms with Gasteiger partial charge in [-0.3, -0.25) is 0 Å². The topological polar surface area (TPSA) is 12.0 Å². The fraction of sp³-hybridized carbons (Fsp3) is 0.286. The molecule has 3 rings (SSSR count). The van der Waals surface area contributed by atoms with E-state index < -0.39 is 0 Å². The summed E-state index contributed by atoms with van der Waals surface area (Å²) in [5.74, 6) is 0. The maximum Gasteiger partial charge on any atom is 0.0934 e. The third kappa shape index (κ3) is 2.20. The Kier molecular flexibility index (Phi) is 2.85. The standard InChI is InChI=1S/C14H14ClNS/c1-9-3-2-4-10(7-9)16-12-5-6-13-11(12)8-14(15)17-13/h2-4,7-8,12,16H,5-6H2,1H3. The molecule has 0 saturated carbocycles. The summed E-state index contributed by atoms with van der Waals surface area (Å²) in [4.78, 5) is 1.44. The molecule has 2 aromatic rings. The van der Waals surface area contributed by atoms with E-state index in [4.69, 9.17) is 11.6 Å². The lowest BCUT2D eigenvalue weighted by atomic mass is 10.1. The van der Waals surface area contributed by atoms with Gasteiger partial charge in [-0.2, -0.15) is 0 Å². The summed E-state index contributed by atoms with van der Waals surface area (Å²) in [7, 11) is 0. The van der Waals surface area contributed by atoms with Gasteiger partial charge in [-0.05, 0) is 49.1 Å². The first-order chi connectivity index (χ1) is 8.22. The smallest absolute Gasteiger partial charge is 0.0934 e. The van der Waals surface area contributed by atoms with E-state index >= 15 is 0 Å². The molecule has 0 saturated heterocycles. The predicted molar refractivity (Wildman–Crippen MR) is 75.2 cm³/mol. The van der Waals surface area contributed by atoms with E-state index in [1.165, 1.54) is 28.1 Å². The second kappa shape index (κ2) is 4.35. The van der Waals surface area contributed by atoms with Crippen molar-refractivity contribution in [2.75, 3.05) is 5.32 Å². The lowest BCUT2D eigenvalue weighted by Gasteiger charge is -2.14. The average molecular weight is 264 g/mol. The lowest BCUT2D eigenvalue weighted by Crippen LogP contribution is -2.06. The zero-order valence-electron chi connectivity index (χ0n) is 9.66. The van der Waals surface area contributed by atoms with Gasteiger partial charge in [0.15, 0.2) is 0 Å². The van der Waals surface area contributed by atoms with Gasteiger partial charge >= 0.3 is 0 Å². The predicted octanol–water partition coefficient (Wildman–Crippen LogP) is 4.81. The lowest BCUT2D eigenvalue weighted by molar-refractivity contribution is 0.762. The molecule has 17 heavy (non-hydrogen) atoms. The van der Waals surface area contributed by atoms with Gasteiger partial charge in [0.2, 0.25) is 0 Å². The second-order valence-electron chi connectivity index (χ2n) is 4.53. The fourth-order valence-electron chi connectivity index (χ4n) is 2.42. The molecule has 0 amide bonds. The van der Waals surface area contributed by atoms with Crippen molar-refractivity contribution in [3.05, 3.63) is 50.7 Å². The highest BCUT2D eigenvalue weighted by Gasteiger charge is 2.24. The normalized spacial score (nSPS) is 18.1. The highest BCUT2D eigenvalue weighted by molar-refractivity contribution is 7.16. The molecule has 1 aliphatic carbocycles. The van der Waals surface area contributed by atoms with Crippen LogP contribution in [0, 0.1) is 6.92 Å². The second-order valence-corrected chi connectivity index (χ2v) is 6.30. The molecule has 1 nitrogen and oxygen atoms in total. The molecule has 1 atom stereocenters. The van der Waals surface area contributed by atoms with Gasteiger partial charge in [-0.25, -0.2) is 0 Å². The molecule has 1 aromatic carbocycles. The summed E-state index contributed by atoms with van der Waals surface area (Å²) in [6.45, 7) is 2.12. The Labute approximate surface area is 110 Å². The molecule has 88 valence electrons. The van der Waals surface area contributed by atoms with Crippen LogP contribution in [0.15, 0.2) is 30.3 Å². The van der Waals surface area contributed by atoms with Crippen molar-refractivity contribution in [2.24, 2.45) is 0 Å². The summed E-state index contributed by atoms with van der Waals surface area (Å²) >= 11 is 7.78. The summed E-state index contributed by atoms with van der Waals surface area (Å²) in [6.07, 6.45) is 2.32. The van der Waals surface area contributed by atoms with Gasteiger partial charge in [-0.15, -0.1) is 11.3 Å². The molecule has 0 aliphatic heterocycles. The molecule has 0 bridgehead atoms. The molecule has 1 aromatic heterocycles. The van der Waals surface area contributed by atoms with Crippen LogP contribution in [-0.2, 0) is 6.42 Å². The summed E-state index contributed by atoms with van der Waals surface area (Å²) in [5, 5.41) is 3.60. The molecule has 0 spiro atoms. The minimum Gasteiger partial charge on any atom is -0.378 e. The largest absolute Gasteiger partial charge is 0.378 e. The van der Waals surface area contributed by atoms with Crippen molar-refractivity contribution in [1.29, 1.82) is 0 Å². The third-order valence-electron chi connectivity index (χ3n) is 3.21. The molecule has 0 fully saturated rings. The summed E-state index contributed by atoms with van der Waals surface area (Å²) in [6, 6.07) is 11.1. The van der Waals surface area contributed by atoms with E-state index in [2.05, 4.69) is 42.6 Å². The molecule has 3 heteroatoms. The van der Waals surface area contributed by atoms with Crippen LogP contribution in [0.1, 0.15) is 28.5 Å². The van der Waals surface area contributed by atoms with Crippen LogP contribution in [0.4, 0.5) is 5.69 Å². The fourth-order valence-corrected chi connectivity index (χ4v) is 3.77. The quantitative estimate of drug-likeness (QED) is 0.820. The Bertz CT molecular complexity index is 547. The van der Waals surface area contributed by atoms with E-state index in [1.807, 2.05) is 0 Å². The van der Waals surface area contributed by atoms with E-state index in [-0.39, 0.29) is 0 Å². The van der Waals surface area contributed by atoms with Gasteiger partial charge in [0.05, 0.1) is 10.4 Å². The van der Waals surface area contributed by atoms with E-state index in [0.717, 1.165) is 10.8 Å². The monoisotopic (exact) mass is 263 g/mol. The number of aryl methyl sites for hydroxylation is 2. The van der Waals surface area contributed by atoms with Gasteiger partial charge < -0.3 is 5.32 Å². The highest BCUT2D eigenvalue weighted by Crippen LogP contribution is 2.40. The van der Waals surface area contributed by atoms with Gasteiger partial charge in [0.25, 0.3) is 0 Å². The molecule has 1 heterocycles. The van der Waals surface area contributed by atoms with Crippen molar-refractivity contribution < 1.29 is 0 Å². The Hall–Kier alpha value is -0.990. The maximum absolute atomic E-state index is 6.06. The number of rotatable bonds is 2. The first kappa shape index (κ1) is 11.1. The van der Waals surface area contributed by atoms with Crippen LogP contribution in [-0.4, -0.2) is 0 Å². The number of anilines is 1.